The normalized spacial score (nSPS) is 10.8. The van der Waals surface area contributed by atoms with E-state index in [1.807, 2.05) is 6.07 Å². The first-order valence-corrected chi connectivity index (χ1v) is 7.10. The number of hydrogen-bond acceptors (Lipinski definition) is 4. The third kappa shape index (κ3) is 3.10. The van der Waals surface area contributed by atoms with Crippen LogP contribution >= 0.6 is 0 Å². The standard InChI is InChI=1S/C13H10FN3O2S/c14-12-2-1-9-16-13(12)20(18,19)17-11-5-3-10(4-6-11)7-8-15/h1-6,9,17H,7H2. The van der Waals surface area contributed by atoms with E-state index in [9.17, 15) is 12.8 Å². The molecule has 102 valence electrons. The fourth-order valence-corrected chi connectivity index (χ4v) is 2.62. The van der Waals surface area contributed by atoms with Crippen LogP contribution in [-0.2, 0) is 16.4 Å². The number of nitriles is 1. The zero-order valence-electron chi connectivity index (χ0n) is 10.2. The highest BCUT2D eigenvalue weighted by Crippen LogP contribution is 2.17. The lowest BCUT2D eigenvalue weighted by molar-refractivity contribution is 0.557. The second kappa shape index (κ2) is 5.67. The third-order valence-electron chi connectivity index (χ3n) is 2.47. The number of halogens is 1. The summed E-state index contributed by atoms with van der Waals surface area (Å²) in [5.41, 5.74) is 1.04. The molecule has 2 rings (SSSR count). The summed E-state index contributed by atoms with van der Waals surface area (Å²) < 4.78 is 39.6. The molecule has 0 saturated carbocycles. The maximum absolute atomic E-state index is 13.4. The van der Waals surface area contributed by atoms with Gasteiger partial charge in [-0.2, -0.15) is 13.7 Å². The number of nitrogens with zero attached hydrogens (tertiary/aromatic N) is 2. The molecule has 0 saturated heterocycles. The lowest BCUT2D eigenvalue weighted by atomic mass is 10.1. The molecule has 0 amide bonds. The van der Waals surface area contributed by atoms with Gasteiger partial charge in [0.1, 0.15) is 0 Å². The molecule has 0 aliphatic heterocycles. The van der Waals surface area contributed by atoms with Crippen LogP contribution in [-0.4, -0.2) is 13.4 Å². The molecular formula is C13H10FN3O2S. The summed E-state index contributed by atoms with van der Waals surface area (Å²) in [6, 6.07) is 10.6. The number of hydrogen-bond donors (Lipinski definition) is 1. The highest BCUT2D eigenvalue weighted by molar-refractivity contribution is 7.92. The number of anilines is 1. The second-order valence-corrected chi connectivity index (χ2v) is 5.53. The fourth-order valence-electron chi connectivity index (χ4n) is 1.55. The summed E-state index contributed by atoms with van der Waals surface area (Å²) in [6.45, 7) is 0. The Bertz CT molecular complexity index is 752. The number of rotatable bonds is 4. The molecule has 0 radical (unpaired) electrons. The van der Waals surface area contributed by atoms with Crippen molar-refractivity contribution >= 4 is 15.7 Å². The highest BCUT2D eigenvalue weighted by Gasteiger charge is 2.20. The summed E-state index contributed by atoms with van der Waals surface area (Å²) in [7, 11) is -4.07. The highest BCUT2D eigenvalue weighted by atomic mass is 32.2. The molecule has 0 bridgehead atoms. The molecule has 20 heavy (non-hydrogen) atoms. The van der Waals surface area contributed by atoms with Gasteiger partial charge in [0, 0.05) is 11.9 Å². The van der Waals surface area contributed by atoms with Gasteiger partial charge < -0.3 is 0 Å². The molecular weight excluding hydrogens is 281 g/mol. The summed E-state index contributed by atoms with van der Waals surface area (Å²) in [5.74, 6) is -0.916. The van der Waals surface area contributed by atoms with Crippen LogP contribution in [0.25, 0.3) is 0 Å². The quantitative estimate of drug-likeness (QED) is 0.935. The van der Waals surface area contributed by atoms with Gasteiger partial charge in [0.05, 0.1) is 12.5 Å². The van der Waals surface area contributed by atoms with Crippen molar-refractivity contribution in [3.8, 4) is 6.07 Å². The van der Waals surface area contributed by atoms with Gasteiger partial charge in [0.25, 0.3) is 10.0 Å². The Kier molecular flexibility index (Phi) is 3.96. The first-order valence-electron chi connectivity index (χ1n) is 5.62. The average Bonchev–Trinajstić information content (AvgIpc) is 2.41. The lowest BCUT2D eigenvalue weighted by Crippen LogP contribution is -2.16. The summed E-state index contributed by atoms with van der Waals surface area (Å²) >= 11 is 0. The summed E-state index contributed by atoms with van der Waals surface area (Å²) in [4.78, 5) is 3.52. The molecule has 1 heterocycles. The first-order chi connectivity index (χ1) is 9.53. The van der Waals surface area contributed by atoms with Crippen LogP contribution in [0.15, 0.2) is 47.6 Å². The van der Waals surface area contributed by atoms with Crippen LogP contribution in [0.3, 0.4) is 0 Å². The molecule has 0 unspecified atom stereocenters. The SMILES string of the molecule is N#CCc1ccc(NS(=O)(=O)c2ncccc2F)cc1. The minimum atomic E-state index is -4.07. The van der Waals surface area contributed by atoms with E-state index in [1.165, 1.54) is 24.4 Å². The molecule has 0 aliphatic carbocycles. The third-order valence-corrected chi connectivity index (χ3v) is 3.78. The lowest BCUT2D eigenvalue weighted by Gasteiger charge is -2.08. The van der Waals surface area contributed by atoms with E-state index in [2.05, 4.69) is 9.71 Å². The molecule has 1 N–H and O–H groups in total. The Morgan fingerprint density at radius 1 is 1.25 bits per heavy atom. The van der Waals surface area contributed by atoms with Gasteiger partial charge >= 0.3 is 0 Å². The maximum atomic E-state index is 13.4. The molecule has 7 heteroatoms. The van der Waals surface area contributed by atoms with Crippen molar-refractivity contribution in [3.05, 3.63) is 54.0 Å². The van der Waals surface area contributed by atoms with Crippen LogP contribution in [0.2, 0.25) is 0 Å². The molecule has 1 aromatic heterocycles. The maximum Gasteiger partial charge on any atom is 0.282 e. The molecule has 1 aromatic carbocycles. The van der Waals surface area contributed by atoms with Gasteiger partial charge in [-0.15, -0.1) is 0 Å². The van der Waals surface area contributed by atoms with Crippen LogP contribution in [0.5, 0.6) is 0 Å². The van der Waals surface area contributed by atoms with Crippen LogP contribution in [0.4, 0.5) is 10.1 Å². The zero-order chi connectivity index (χ0) is 14.6. The van der Waals surface area contributed by atoms with Crippen molar-refractivity contribution in [1.82, 2.24) is 4.98 Å². The van der Waals surface area contributed by atoms with E-state index in [-0.39, 0.29) is 12.1 Å². The van der Waals surface area contributed by atoms with E-state index in [0.717, 1.165) is 11.6 Å². The fraction of sp³-hybridized carbons (Fsp3) is 0.0769. The van der Waals surface area contributed by atoms with Gasteiger partial charge in [-0.1, -0.05) is 12.1 Å². The van der Waals surface area contributed by atoms with E-state index in [0.29, 0.717) is 0 Å². The molecule has 0 fully saturated rings. The van der Waals surface area contributed by atoms with Crippen LogP contribution < -0.4 is 4.72 Å². The molecule has 0 spiro atoms. The number of benzene rings is 1. The Hall–Kier alpha value is -2.46. The van der Waals surface area contributed by atoms with Crippen molar-refractivity contribution in [2.75, 3.05) is 4.72 Å². The predicted molar refractivity (Wildman–Crippen MR) is 70.8 cm³/mol. The largest absolute Gasteiger partial charge is 0.282 e. The first kappa shape index (κ1) is 14.0. The van der Waals surface area contributed by atoms with Crippen molar-refractivity contribution in [2.24, 2.45) is 0 Å². The molecule has 0 aliphatic rings. The minimum absolute atomic E-state index is 0.238. The van der Waals surface area contributed by atoms with Crippen molar-refractivity contribution in [2.45, 2.75) is 11.4 Å². The van der Waals surface area contributed by atoms with Gasteiger partial charge in [-0.25, -0.2) is 9.37 Å². The van der Waals surface area contributed by atoms with Crippen molar-refractivity contribution in [1.29, 1.82) is 5.26 Å². The van der Waals surface area contributed by atoms with Gasteiger partial charge in [-0.3, -0.25) is 4.72 Å². The Labute approximate surface area is 115 Å². The zero-order valence-corrected chi connectivity index (χ0v) is 11.1. The topological polar surface area (TPSA) is 82.9 Å². The average molecular weight is 291 g/mol. The van der Waals surface area contributed by atoms with Crippen LogP contribution in [0, 0.1) is 17.1 Å². The monoisotopic (exact) mass is 291 g/mol. The number of sulfonamides is 1. The van der Waals surface area contributed by atoms with E-state index in [1.54, 1.807) is 12.1 Å². The molecule has 5 nitrogen and oxygen atoms in total. The van der Waals surface area contributed by atoms with E-state index in [4.69, 9.17) is 5.26 Å². The minimum Gasteiger partial charge on any atom is -0.278 e. The Balaban J connectivity index is 2.25. The predicted octanol–water partition coefficient (Wildman–Crippen LogP) is 2.09. The van der Waals surface area contributed by atoms with Crippen LogP contribution in [0.1, 0.15) is 5.56 Å². The molecule has 2 aromatic rings. The van der Waals surface area contributed by atoms with Gasteiger partial charge in [-0.05, 0) is 29.8 Å². The molecule has 0 atom stereocenters. The second-order valence-electron chi connectivity index (χ2n) is 3.93. The van der Waals surface area contributed by atoms with E-state index < -0.39 is 20.9 Å². The number of aromatic nitrogens is 1. The summed E-state index contributed by atoms with van der Waals surface area (Å²) in [5, 5.41) is 7.89. The Morgan fingerprint density at radius 3 is 2.55 bits per heavy atom. The number of pyridine rings is 1. The van der Waals surface area contributed by atoms with E-state index >= 15 is 0 Å². The van der Waals surface area contributed by atoms with Gasteiger partial charge in [0.2, 0.25) is 5.03 Å². The number of nitrogens with one attached hydrogen (secondary N) is 1. The summed E-state index contributed by atoms with van der Waals surface area (Å²) in [6.07, 6.45) is 1.44. The smallest absolute Gasteiger partial charge is 0.278 e. The van der Waals surface area contributed by atoms with Gasteiger partial charge in [0.15, 0.2) is 5.82 Å². The van der Waals surface area contributed by atoms with Crippen molar-refractivity contribution < 1.29 is 12.8 Å². The Morgan fingerprint density at radius 2 is 1.95 bits per heavy atom. The van der Waals surface area contributed by atoms with Crippen molar-refractivity contribution in [3.63, 3.8) is 0 Å².